The van der Waals surface area contributed by atoms with Crippen molar-refractivity contribution in [2.45, 2.75) is 19.5 Å². The molecule has 1 amide bonds. The number of hydrogen-bond donors (Lipinski definition) is 0. The highest BCUT2D eigenvalue weighted by Gasteiger charge is 2.25. The molecule has 1 aliphatic heterocycles. The maximum Gasteiger partial charge on any atom is 0.256 e. The van der Waals surface area contributed by atoms with Crippen LogP contribution in [0.3, 0.4) is 0 Å². The van der Waals surface area contributed by atoms with Crippen molar-refractivity contribution in [2.24, 2.45) is 0 Å². The summed E-state index contributed by atoms with van der Waals surface area (Å²) in [5, 5.41) is 2.33. The molecule has 6 heteroatoms. The Balaban J connectivity index is 1.39. The molecular formula is C32H33N5O. The fourth-order valence-corrected chi connectivity index (χ4v) is 5.51. The average molecular weight is 504 g/mol. The second-order valence-electron chi connectivity index (χ2n) is 10.3. The van der Waals surface area contributed by atoms with Gasteiger partial charge in [0, 0.05) is 50.3 Å². The lowest BCUT2D eigenvalue weighted by atomic mass is 9.97. The minimum absolute atomic E-state index is 0.103. The predicted molar refractivity (Wildman–Crippen MR) is 152 cm³/mol. The van der Waals surface area contributed by atoms with Crippen molar-refractivity contribution in [1.82, 2.24) is 23.9 Å². The second kappa shape index (κ2) is 10.3. The van der Waals surface area contributed by atoms with Gasteiger partial charge in [-0.25, -0.2) is 4.98 Å². The van der Waals surface area contributed by atoms with E-state index in [2.05, 4.69) is 106 Å². The summed E-state index contributed by atoms with van der Waals surface area (Å²) < 4.78 is 4.36. The van der Waals surface area contributed by atoms with Crippen molar-refractivity contribution >= 4 is 16.7 Å². The van der Waals surface area contributed by atoms with E-state index in [0.717, 1.165) is 53.9 Å². The number of aromatic nitrogens is 3. The van der Waals surface area contributed by atoms with Gasteiger partial charge in [0.05, 0.1) is 30.2 Å². The Morgan fingerprint density at radius 3 is 2.42 bits per heavy atom. The fourth-order valence-electron chi connectivity index (χ4n) is 5.51. The molecule has 2 aromatic heterocycles. The molecule has 0 unspecified atom stereocenters. The highest BCUT2D eigenvalue weighted by Crippen LogP contribution is 2.33. The topological polar surface area (TPSA) is 46.3 Å². The number of fused-ring (bicyclic) bond motifs is 1. The molecule has 6 rings (SSSR count). The number of imidazole rings is 1. The van der Waals surface area contributed by atoms with Crippen LogP contribution in [0, 0.1) is 0 Å². The molecule has 1 atom stereocenters. The summed E-state index contributed by atoms with van der Waals surface area (Å²) in [4.78, 5) is 22.6. The summed E-state index contributed by atoms with van der Waals surface area (Å²) in [6, 6.07) is 25.4. The van der Waals surface area contributed by atoms with Crippen LogP contribution >= 0.6 is 0 Å². The van der Waals surface area contributed by atoms with Crippen LogP contribution in [-0.2, 0) is 6.54 Å². The first-order valence-corrected chi connectivity index (χ1v) is 13.3. The van der Waals surface area contributed by atoms with E-state index in [9.17, 15) is 4.79 Å². The normalized spacial score (nSPS) is 15.2. The number of likely N-dealkylation sites (N-methyl/N-ethyl adjacent to an activating group) is 1. The molecule has 38 heavy (non-hydrogen) atoms. The van der Waals surface area contributed by atoms with Crippen molar-refractivity contribution in [3.63, 3.8) is 0 Å². The first kappa shape index (κ1) is 24.2. The van der Waals surface area contributed by atoms with Gasteiger partial charge in [-0.3, -0.25) is 4.79 Å². The van der Waals surface area contributed by atoms with Crippen molar-refractivity contribution < 1.29 is 4.79 Å². The number of carbonyl (C=O) groups is 1. The third kappa shape index (κ3) is 4.63. The number of rotatable bonds is 6. The maximum atomic E-state index is 13.9. The molecule has 192 valence electrons. The zero-order valence-electron chi connectivity index (χ0n) is 22.0. The number of nitrogens with zero attached hydrogens (tertiary/aromatic N) is 5. The van der Waals surface area contributed by atoms with E-state index in [1.807, 2.05) is 29.7 Å². The summed E-state index contributed by atoms with van der Waals surface area (Å²) in [5.74, 6) is 0.103. The Morgan fingerprint density at radius 2 is 1.61 bits per heavy atom. The van der Waals surface area contributed by atoms with Gasteiger partial charge in [0.2, 0.25) is 0 Å². The minimum Gasteiger partial charge on any atom is -0.347 e. The van der Waals surface area contributed by atoms with E-state index >= 15 is 0 Å². The van der Waals surface area contributed by atoms with Crippen molar-refractivity contribution in [3.8, 4) is 11.1 Å². The van der Waals surface area contributed by atoms with Crippen LogP contribution in [0.15, 0.2) is 97.7 Å². The quantitative estimate of drug-likeness (QED) is 0.305. The zero-order chi connectivity index (χ0) is 26.1. The Morgan fingerprint density at radius 1 is 0.868 bits per heavy atom. The number of hydrogen-bond acceptors (Lipinski definition) is 3. The van der Waals surface area contributed by atoms with E-state index < -0.39 is 0 Å². The van der Waals surface area contributed by atoms with Gasteiger partial charge in [-0.05, 0) is 35.9 Å². The standard InChI is InChI=1S/C32H33N5O/c1-24(25-9-4-3-5-10-25)37-23-33-19-27(37)20-35-21-30(29-14-8-12-26-11-6-7-13-28(26)29)31(22-35)32(38)36-17-15-34(2)16-18-36/h3-14,19,21-24H,15-18,20H2,1-2H3/t24-/m1/s1. The molecule has 0 N–H and O–H groups in total. The SMILES string of the molecule is C[C@H](c1ccccc1)n1cncc1Cn1cc(C(=O)N2CCN(C)CC2)c(-c2cccc3ccccc23)c1. The third-order valence-electron chi connectivity index (χ3n) is 7.77. The van der Waals surface area contributed by atoms with Crippen LogP contribution in [0.25, 0.3) is 21.9 Å². The van der Waals surface area contributed by atoms with Crippen LogP contribution in [0.1, 0.15) is 34.6 Å². The Labute approximate surface area is 223 Å². The van der Waals surface area contributed by atoms with Gasteiger partial charge in [0.15, 0.2) is 0 Å². The molecule has 0 spiro atoms. The van der Waals surface area contributed by atoms with Crippen LogP contribution in [0.2, 0.25) is 0 Å². The van der Waals surface area contributed by atoms with Crippen molar-refractivity contribution in [3.05, 3.63) is 115 Å². The van der Waals surface area contributed by atoms with Gasteiger partial charge in [0.1, 0.15) is 0 Å². The number of piperazine rings is 1. The smallest absolute Gasteiger partial charge is 0.256 e. The lowest BCUT2D eigenvalue weighted by molar-refractivity contribution is 0.0665. The van der Waals surface area contributed by atoms with Gasteiger partial charge in [-0.15, -0.1) is 0 Å². The molecule has 6 nitrogen and oxygen atoms in total. The molecule has 3 heterocycles. The van der Waals surface area contributed by atoms with Crippen LogP contribution in [0.4, 0.5) is 0 Å². The maximum absolute atomic E-state index is 13.9. The lowest BCUT2D eigenvalue weighted by Gasteiger charge is -2.32. The minimum atomic E-state index is 0.103. The molecule has 1 aliphatic rings. The van der Waals surface area contributed by atoms with Crippen LogP contribution in [0.5, 0.6) is 0 Å². The largest absolute Gasteiger partial charge is 0.347 e. The van der Waals surface area contributed by atoms with E-state index in [4.69, 9.17) is 0 Å². The highest BCUT2D eigenvalue weighted by molar-refractivity contribution is 6.06. The van der Waals surface area contributed by atoms with Crippen LogP contribution in [-0.4, -0.2) is 63.1 Å². The first-order valence-electron chi connectivity index (χ1n) is 13.3. The average Bonchev–Trinajstić information content (AvgIpc) is 3.60. The first-order chi connectivity index (χ1) is 18.6. The predicted octanol–water partition coefficient (Wildman–Crippen LogP) is 5.55. The summed E-state index contributed by atoms with van der Waals surface area (Å²) in [6.45, 7) is 6.11. The molecule has 0 aliphatic carbocycles. The van der Waals surface area contributed by atoms with Crippen molar-refractivity contribution in [1.29, 1.82) is 0 Å². The highest BCUT2D eigenvalue weighted by atomic mass is 16.2. The van der Waals surface area contributed by atoms with Gasteiger partial charge in [-0.1, -0.05) is 72.8 Å². The Hall–Kier alpha value is -4.16. The molecule has 0 bridgehead atoms. The molecule has 3 aromatic carbocycles. The monoisotopic (exact) mass is 503 g/mol. The lowest BCUT2D eigenvalue weighted by Crippen LogP contribution is -2.47. The molecule has 1 saturated heterocycles. The van der Waals surface area contributed by atoms with E-state index in [-0.39, 0.29) is 11.9 Å². The molecule has 0 saturated carbocycles. The summed E-state index contributed by atoms with van der Waals surface area (Å²) in [6.07, 6.45) is 8.00. The summed E-state index contributed by atoms with van der Waals surface area (Å²) in [7, 11) is 2.11. The van der Waals surface area contributed by atoms with E-state index in [1.54, 1.807) is 0 Å². The van der Waals surface area contributed by atoms with Gasteiger partial charge in [-0.2, -0.15) is 0 Å². The Bertz CT molecular complexity index is 1550. The van der Waals surface area contributed by atoms with Gasteiger partial charge < -0.3 is 18.9 Å². The van der Waals surface area contributed by atoms with Gasteiger partial charge >= 0.3 is 0 Å². The number of amides is 1. The number of benzene rings is 3. The Kier molecular flexibility index (Phi) is 6.56. The molecule has 0 radical (unpaired) electrons. The fraction of sp³-hybridized carbons (Fsp3) is 0.250. The number of carbonyl (C=O) groups excluding carboxylic acids is 1. The molecule has 5 aromatic rings. The van der Waals surface area contributed by atoms with E-state index in [0.29, 0.717) is 6.54 Å². The van der Waals surface area contributed by atoms with Crippen LogP contribution < -0.4 is 0 Å². The summed E-state index contributed by atoms with van der Waals surface area (Å²) >= 11 is 0. The van der Waals surface area contributed by atoms with Crippen molar-refractivity contribution in [2.75, 3.05) is 33.2 Å². The third-order valence-corrected chi connectivity index (χ3v) is 7.77. The molecular weight excluding hydrogens is 470 g/mol. The van der Waals surface area contributed by atoms with E-state index in [1.165, 1.54) is 10.9 Å². The summed E-state index contributed by atoms with van der Waals surface area (Å²) in [5.41, 5.74) is 5.16. The van der Waals surface area contributed by atoms with Gasteiger partial charge in [0.25, 0.3) is 5.91 Å². The zero-order valence-corrected chi connectivity index (χ0v) is 22.0. The second-order valence-corrected chi connectivity index (χ2v) is 10.3. The molecule has 1 fully saturated rings.